The molecule has 0 aromatic carbocycles. The van der Waals surface area contributed by atoms with Crippen molar-refractivity contribution in [1.82, 2.24) is 4.90 Å². The smallest absolute Gasteiger partial charge is 0.306 e. The van der Waals surface area contributed by atoms with Crippen molar-refractivity contribution in [3.63, 3.8) is 0 Å². The molecule has 0 saturated heterocycles. The van der Waals surface area contributed by atoms with Crippen LogP contribution in [0.3, 0.4) is 0 Å². The molecule has 0 bridgehead atoms. The van der Waals surface area contributed by atoms with Crippen molar-refractivity contribution in [1.29, 1.82) is 0 Å². The van der Waals surface area contributed by atoms with E-state index in [2.05, 4.69) is 39.5 Å². The number of hydrogen-bond donors (Lipinski definition) is 2. The van der Waals surface area contributed by atoms with Crippen LogP contribution in [-0.2, 0) is 9.53 Å². The molecule has 5 nitrogen and oxygen atoms in total. The number of unbranched alkanes of at least 4 members (excludes halogenated alkanes) is 18. The predicted molar refractivity (Wildman–Crippen MR) is 222 cm³/mol. The van der Waals surface area contributed by atoms with Crippen molar-refractivity contribution in [3.8, 4) is 0 Å². The second kappa shape index (κ2) is 39.1. The highest BCUT2D eigenvalue weighted by Crippen LogP contribution is 2.35. The molecule has 51 heavy (non-hydrogen) atoms. The fraction of sp³-hybridized carbons (Fsp3) is 0.978. The summed E-state index contributed by atoms with van der Waals surface area (Å²) in [5.74, 6) is 1.10. The highest BCUT2D eigenvalue weighted by molar-refractivity contribution is 5.69. The molecule has 0 spiro atoms. The van der Waals surface area contributed by atoms with Gasteiger partial charge in [0.15, 0.2) is 0 Å². The highest BCUT2D eigenvalue weighted by Gasteiger charge is 2.33. The van der Waals surface area contributed by atoms with Crippen LogP contribution in [0.1, 0.15) is 234 Å². The molecule has 0 aliphatic rings. The van der Waals surface area contributed by atoms with E-state index in [1.807, 2.05) is 0 Å². The van der Waals surface area contributed by atoms with Crippen molar-refractivity contribution in [2.24, 2.45) is 17.8 Å². The third-order valence-corrected chi connectivity index (χ3v) is 11.4. The molecule has 0 aliphatic heterocycles. The average molecular weight is 724 g/mol. The quantitative estimate of drug-likeness (QED) is 0.0485. The molecule has 0 rings (SSSR count). The monoisotopic (exact) mass is 724 g/mol. The fourth-order valence-corrected chi connectivity index (χ4v) is 8.03. The van der Waals surface area contributed by atoms with Crippen LogP contribution < -0.4 is 0 Å². The Morgan fingerprint density at radius 2 is 0.941 bits per heavy atom. The topological polar surface area (TPSA) is 70.0 Å². The van der Waals surface area contributed by atoms with E-state index in [9.17, 15) is 15.0 Å². The SMILES string of the molecule is CCCCCCCCC(CO)CC(CCCC)C(OC(=O)CCCCCN(CCCC)CCCCO)C(CCCCCC)CCCCCCCC. The first kappa shape index (κ1) is 50.4. The van der Waals surface area contributed by atoms with E-state index in [0.29, 0.717) is 24.2 Å². The first-order valence-electron chi connectivity index (χ1n) is 23.1. The Kier molecular flexibility index (Phi) is 38.6. The Balaban J connectivity index is 5.73. The Bertz CT molecular complexity index is 703. The van der Waals surface area contributed by atoms with Gasteiger partial charge in [-0.15, -0.1) is 0 Å². The Labute approximate surface area is 320 Å². The summed E-state index contributed by atoms with van der Waals surface area (Å²) in [5, 5.41) is 19.8. The minimum atomic E-state index is -0.0176. The van der Waals surface area contributed by atoms with Gasteiger partial charge in [-0.25, -0.2) is 0 Å². The first-order valence-corrected chi connectivity index (χ1v) is 23.1. The minimum absolute atomic E-state index is 0.0176. The molecule has 0 aromatic heterocycles. The van der Waals surface area contributed by atoms with Crippen molar-refractivity contribution in [2.45, 2.75) is 240 Å². The fourth-order valence-electron chi connectivity index (χ4n) is 8.03. The van der Waals surface area contributed by atoms with Gasteiger partial charge in [-0.1, -0.05) is 163 Å². The maximum atomic E-state index is 13.7. The second-order valence-electron chi connectivity index (χ2n) is 16.3. The van der Waals surface area contributed by atoms with Gasteiger partial charge < -0.3 is 19.8 Å². The van der Waals surface area contributed by atoms with E-state index in [4.69, 9.17) is 4.74 Å². The molecule has 5 heteroatoms. The number of aliphatic hydroxyl groups is 2. The van der Waals surface area contributed by atoms with Gasteiger partial charge in [-0.3, -0.25) is 4.79 Å². The molecular formula is C46H93NO4. The molecule has 0 fully saturated rings. The van der Waals surface area contributed by atoms with Gasteiger partial charge in [0, 0.05) is 19.6 Å². The van der Waals surface area contributed by atoms with Gasteiger partial charge in [0.2, 0.25) is 0 Å². The Morgan fingerprint density at radius 3 is 1.49 bits per heavy atom. The molecule has 306 valence electrons. The molecule has 2 N–H and O–H groups in total. The molecule has 0 radical (unpaired) electrons. The molecule has 0 amide bonds. The van der Waals surface area contributed by atoms with Gasteiger partial charge in [-0.05, 0) is 102 Å². The lowest BCUT2D eigenvalue weighted by Gasteiger charge is -2.36. The summed E-state index contributed by atoms with van der Waals surface area (Å²) in [6.45, 7) is 15.2. The van der Waals surface area contributed by atoms with Crippen LogP contribution in [0.4, 0.5) is 0 Å². The number of rotatable bonds is 41. The summed E-state index contributed by atoms with van der Waals surface area (Å²) < 4.78 is 6.73. The van der Waals surface area contributed by atoms with Gasteiger partial charge in [-0.2, -0.15) is 0 Å². The summed E-state index contributed by atoms with van der Waals surface area (Å²) in [5.41, 5.74) is 0. The van der Waals surface area contributed by atoms with Crippen LogP contribution in [0.15, 0.2) is 0 Å². The minimum Gasteiger partial charge on any atom is -0.462 e. The summed E-state index contributed by atoms with van der Waals surface area (Å²) in [4.78, 5) is 16.3. The van der Waals surface area contributed by atoms with E-state index in [1.165, 1.54) is 135 Å². The van der Waals surface area contributed by atoms with Gasteiger partial charge in [0.25, 0.3) is 0 Å². The Hall–Kier alpha value is -0.650. The molecular weight excluding hydrogens is 631 g/mol. The molecule has 0 heterocycles. The van der Waals surface area contributed by atoms with Crippen molar-refractivity contribution in [2.75, 3.05) is 32.8 Å². The van der Waals surface area contributed by atoms with Crippen LogP contribution in [0.2, 0.25) is 0 Å². The van der Waals surface area contributed by atoms with E-state index in [-0.39, 0.29) is 25.3 Å². The second-order valence-corrected chi connectivity index (χ2v) is 16.3. The number of ether oxygens (including phenoxy) is 1. The normalized spacial score (nSPS) is 14.2. The zero-order valence-electron chi connectivity index (χ0n) is 35.4. The number of nitrogens with zero attached hydrogens (tertiary/aromatic N) is 1. The molecule has 0 saturated carbocycles. The van der Waals surface area contributed by atoms with Crippen LogP contribution >= 0.6 is 0 Å². The van der Waals surface area contributed by atoms with E-state index in [0.717, 1.165) is 77.4 Å². The van der Waals surface area contributed by atoms with Gasteiger partial charge in [0.05, 0.1) is 0 Å². The van der Waals surface area contributed by atoms with Crippen molar-refractivity contribution in [3.05, 3.63) is 0 Å². The van der Waals surface area contributed by atoms with Crippen molar-refractivity contribution >= 4 is 5.97 Å². The van der Waals surface area contributed by atoms with Crippen LogP contribution in [0.25, 0.3) is 0 Å². The number of esters is 1. The molecule has 4 unspecified atom stereocenters. The summed E-state index contributed by atoms with van der Waals surface area (Å²) >= 11 is 0. The third-order valence-electron chi connectivity index (χ3n) is 11.4. The lowest BCUT2D eigenvalue weighted by atomic mass is 9.77. The van der Waals surface area contributed by atoms with Crippen LogP contribution in [-0.4, -0.2) is 60.0 Å². The largest absolute Gasteiger partial charge is 0.462 e. The van der Waals surface area contributed by atoms with E-state index < -0.39 is 0 Å². The van der Waals surface area contributed by atoms with Gasteiger partial charge >= 0.3 is 5.97 Å². The average Bonchev–Trinajstić information content (AvgIpc) is 3.14. The maximum absolute atomic E-state index is 13.7. The molecule has 4 atom stereocenters. The maximum Gasteiger partial charge on any atom is 0.306 e. The summed E-state index contributed by atoms with van der Waals surface area (Å²) in [6, 6.07) is 0. The highest BCUT2D eigenvalue weighted by atomic mass is 16.5. The Morgan fingerprint density at radius 1 is 0.490 bits per heavy atom. The summed E-state index contributed by atoms with van der Waals surface area (Å²) in [6.07, 6.45) is 36.4. The number of carbonyl (C=O) groups excluding carboxylic acids is 1. The molecule has 0 aliphatic carbocycles. The van der Waals surface area contributed by atoms with E-state index >= 15 is 0 Å². The summed E-state index contributed by atoms with van der Waals surface area (Å²) in [7, 11) is 0. The van der Waals surface area contributed by atoms with E-state index in [1.54, 1.807) is 0 Å². The third kappa shape index (κ3) is 30.4. The lowest BCUT2D eigenvalue weighted by Crippen LogP contribution is -2.36. The standard InChI is InChI=1S/C46H93NO4/c1-6-11-16-19-21-24-31-42(41-49)40-44(32-14-9-4)46(43(33-25-18-13-8-3)34-26-22-20-17-12-7-2)51-45(50)35-27-23-28-37-47(36-15-10-5)38-29-30-39-48/h42-44,46,48-49H,6-41H2,1-5H3. The molecule has 0 aromatic rings. The first-order chi connectivity index (χ1) is 25.0. The lowest BCUT2D eigenvalue weighted by molar-refractivity contribution is -0.157. The number of carbonyl (C=O) groups is 1. The van der Waals surface area contributed by atoms with Crippen LogP contribution in [0.5, 0.6) is 0 Å². The van der Waals surface area contributed by atoms with Gasteiger partial charge in [0.1, 0.15) is 6.10 Å². The van der Waals surface area contributed by atoms with Crippen molar-refractivity contribution < 1.29 is 19.7 Å². The number of hydrogen-bond acceptors (Lipinski definition) is 5. The predicted octanol–water partition coefficient (Wildman–Crippen LogP) is 13.2. The zero-order valence-corrected chi connectivity index (χ0v) is 35.4. The number of aliphatic hydroxyl groups excluding tert-OH is 2. The van der Waals surface area contributed by atoms with Crippen LogP contribution in [0, 0.1) is 17.8 Å². The zero-order chi connectivity index (χ0) is 37.6.